The van der Waals surface area contributed by atoms with Crippen molar-refractivity contribution in [3.8, 4) is 0 Å². The summed E-state index contributed by atoms with van der Waals surface area (Å²) >= 11 is 0. The molecule has 1 heterocycles. The van der Waals surface area contributed by atoms with Crippen molar-refractivity contribution >= 4 is 5.69 Å². The van der Waals surface area contributed by atoms with E-state index in [2.05, 4.69) is 5.10 Å². The second-order valence-corrected chi connectivity index (χ2v) is 2.53. The van der Waals surface area contributed by atoms with Crippen LogP contribution in [0.1, 0.15) is 0 Å². The normalized spacial score (nSPS) is 12.4. The Bertz CT molecular complexity index is 283. The number of alkyl halides is 4. The van der Waals surface area contributed by atoms with Crippen molar-refractivity contribution in [3.63, 3.8) is 0 Å². The molecule has 1 aromatic rings. The zero-order valence-corrected chi connectivity index (χ0v) is 6.42. The van der Waals surface area contributed by atoms with Crippen LogP contribution in [0.5, 0.6) is 0 Å². The van der Waals surface area contributed by atoms with Crippen molar-refractivity contribution in [2.24, 2.45) is 0 Å². The molecule has 0 atom stereocenters. The van der Waals surface area contributed by atoms with Crippen molar-refractivity contribution in [1.29, 1.82) is 0 Å². The summed E-state index contributed by atoms with van der Waals surface area (Å²) in [5.74, 6) is -4.07. The Morgan fingerprint density at radius 3 is 2.54 bits per heavy atom. The number of nitrogens with zero attached hydrogens (tertiary/aromatic N) is 2. The average molecular weight is 197 g/mol. The number of rotatable bonds is 3. The molecule has 0 aromatic carbocycles. The summed E-state index contributed by atoms with van der Waals surface area (Å²) in [7, 11) is 0. The summed E-state index contributed by atoms with van der Waals surface area (Å²) in [6, 6.07) is 0. The van der Waals surface area contributed by atoms with Gasteiger partial charge < -0.3 is 5.73 Å². The molecule has 0 aliphatic rings. The Kier molecular flexibility index (Phi) is 2.44. The predicted octanol–water partition coefficient (Wildman–Crippen LogP) is 1.37. The molecule has 0 saturated heterocycles. The van der Waals surface area contributed by atoms with E-state index in [0.717, 1.165) is 12.4 Å². The Morgan fingerprint density at radius 1 is 1.54 bits per heavy atom. The maximum Gasteiger partial charge on any atom is 0.326 e. The van der Waals surface area contributed by atoms with Crippen LogP contribution in [0.4, 0.5) is 23.2 Å². The Hall–Kier alpha value is -1.27. The van der Waals surface area contributed by atoms with Gasteiger partial charge in [-0.1, -0.05) is 0 Å². The fourth-order valence-electron chi connectivity index (χ4n) is 0.751. The number of anilines is 1. The SMILES string of the molecule is Nc1cnn(CC(F)(F)C(F)F)c1. The summed E-state index contributed by atoms with van der Waals surface area (Å²) in [6.45, 7) is -1.16. The number of halogens is 4. The summed E-state index contributed by atoms with van der Waals surface area (Å²) in [5.41, 5.74) is 5.32. The molecule has 0 fully saturated rings. The van der Waals surface area contributed by atoms with Gasteiger partial charge in [-0.15, -0.1) is 0 Å². The van der Waals surface area contributed by atoms with E-state index in [4.69, 9.17) is 5.73 Å². The van der Waals surface area contributed by atoms with Gasteiger partial charge in [0.15, 0.2) is 0 Å². The molecule has 1 aromatic heterocycles. The van der Waals surface area contributed by atoms with Crippen LogP contribution in [0.15, 0.2) is 12.4 Å². The van der Waals surface area contributed by atoms with Gasteiger partial charge >= 0.3 is 12.3 Å². The van der Waals surface area contributed by atoms with Crippen LogP contribution < -0.4 is 5.73 Å². The Morgan fingerprint density at radius 2 is 2.15 bits per heavy atom. The molecular weight excluding hydrogens is 190 g/mol. The number of nitrogen functional groups attached to an aromatic ring is 1. The number of aromatic nitrogens is 2. The maximum absolute atomic E-state index is 12.4. The van der Waals surface area contributed by atoms with E-state index in [1.165, 1.54) is 0 Å². The third-order valence-electron chi connectivity index (χ3n) is 1.35. The van der Waals surface area contributed by atoms with Crippen LogP contribution in [-0.2, 0) is 6.54 Å². The molecule has 3 nitrogen and oxygen atoms in total. The molecule has 0 amide bonds. The molecule has 2 N–H and O–H groups in total. The number of hydrogen-bond acceptors (Lipinski definition) is 2. The predicted molar refractivity (Wildman–Crippen MR) is 37.6 cm³/mol. The van der Waals surface area contributed by atoms with E-state index < -0.39 is 18.9 Å². The number of nitrogens with two attached hydrogens (primary N) is 1. The largest absolute Gasteiger partial charge is 0.396 e. The first kappa shape index (κ1) is 9.82. The maximum atomic E-state index is 12.4. The zero-order chi connectivity index (χ0) is 10.1. The summed E-state index contributed by atoms with van der Waals surface area (Å²) in [4.78, 5) is 0. The molecule has 0 radical (unpaired) electrons. The summed E-state index contributed by atoms with van der Waals surface area (Å²) in [6.07, 6.45) is -1.52. The summed E-state index contributed by atoms with van der Waals surface area (Å²) in [5, 5.41) is 3.36. The van der Waals surface area contributed by atoms with Crippen LogP contribution in [0.3, 0.4) is 0 Å². The van der Waals surface area contributed by atoms with Crippen LogP contribution in [-0.4, -0.2) is 22.1 Å². The lowest BCUT2D eigenvalue weighted by Gasteiger charge is -2.14. The molecule has 74 valence electrons. The van der Waals surface area contributed by atoms with Gasteiger partial charge in [0.25, 0.3) is 0 Å². The van der Waals surface area contributed by atoms with Gasteiger partial charge in [0.2, 0.25) is 0 Å². The van der Waals surface area contributed by atoms with Crippen LogP contribution in [0.25, 0.3) is 0 Å². The molecule has 13 heavy (non-hydrogen) atoms. The highest BCUT2D eigenvalue weighted by Crippen LogP contribution is 2.24. The Labute approximate surface area is 71.1 Å². The fourth-order valence-corrected chi connectivity index (χ4v) is 0.751. The average Bonchev–Trinajstić information content (AvgIpc) is 2.34. The summed E-state index contributed by atoms with van der Waals surface area (Å²) < 4.78 is 48.8. The van der Waals surface area contributed by atoms with Gasteiger partial charge in [0, 0.05) is 6.20 Å². The van der Waals surface area contributed by atoms with Gasteiger partial charge in [0.1, 0.15) is 6.54 Å². The third-order valence-corrected chi connectivity index (χ3v) is 1.35. The molecule has 0 spiro atoms. The van der Waals surface area contributed by atoms with Crippen LogP contribution in [0, 0.1) is 0 Å². The van der Waals surface area contributed by atoms with Gasteiger partial charge in [-0.05, 0) is 0 Å². The highest BCUT2D eigenvalue weighted by Gasteiger charge is 2.41. The molecule has 0 aliphatic carbocycles. The lowest BCUT2D eigenvalue weighted by atomic mass is 10.3. The van der Waals surface area contributed by atoms with Crippen molar-refractivity contribution in [2.75, 3.05) is 5.73 Å². The van der Waals surface area contributed by atoms with Gasteiger partial charge in [-0.25, -0.2) is 8.78 Å². The van der Waals surface area contributed by atoms with E-state index in [9.17, 15) is 17.6 Å². The molecule has 0 aliphatic heterocycles. The van der Waals surface area contributed by atoms with Crippen LogP contribution >= 0.6 is 0 Å². The highest BCUT2D eigenvalue weighted by atomic mass is 19.3. The Balaban J connectivity index is 2.68. The van der Waals surface area contributed by atoms with Crippen LogP contribution in [0.2, 0.25) is 0 Å². The topological polar surface area (TPSA) is 43.8 Å². The minimum atomic E-state index is -4.07. The molecule has 0 unspecified atom stereocenters. The number of hydrogen-bond donors (Lipinski definition) is 1. The van der Waals surface area contributed by atoms with Crippen molar-refractivity contribution in [2.45, 2.75) is 18.9 Å². The van der Waals surface area contributed by atoms with Crippen molar-refractivity contribution < 1.29 is 17.6 Å². The quantitative estimate of drug-likeness (QED) is 0.743. The highest BCUT2D eigenvalue weighted by molar-refractivity contribution is 5.30. The third kappa shape index (κ3) is 2.33. The first-order chi connectivity index (χ1) is 5.92. The van der Waals surface area contributed by atoms with Gasteiger partial charge in [-0.3, -0.25) is 4.68 Å². The standard InChI is InChI=1S/C6H7F4N3/c7-5(8)6(9,10)3-13-2-4(11)1-12-13/h1-2,5H,3,11H2. The molecular formula is C6H7F4N3. The molecule has 7 heteroatoms. The lowest BCUT2D eigenvalue weighted by molar-refractivity contribution is -0.139. The van der Waals surface area contributed by atoms with Gasteiger partial charge in [0.05, 0.1) is 11.9 Å². The zero-order valence-electron chi connectivity index (χ0n) is 6.42. The molecule has 1 rings (SSSR count). The monoisotopic (exact) mass is 197 g/mol. The smallest absolute Gasteiger partial charge is 0.326 e. The molecule has 0 bridgehead atoms. The first-order valence-electron chi connectivity index (χ1n) is 3.36. The lowest BCUT2D eigenvalue weighted by Crippen LogP contribution is -2.32. The second-order valence-electron chi connectivity index (χ2n) is 2.53. The first-order valence-corrected chi connectivity index (χ1v) is 3.36. The van der Waals surface area contributed by atoms with E-state index in [1.54, 1.807) is 0 Å². The fraction of sp³-hybridized carbons (Fsp3) is 0.500. The van der Waals surface area contributed by atoms with Crippen molar-refractivity contribution in [3.05, 3.63) is 12.4 Å². The van der Waals surface area contributed by atoms with E-state index >= 15 is 0 Å². The van der Waals surface area contributed by atoms with E-state index in [1.807, 2.05) is 0 Å². The van der Waals surface area contributed by atoms with E-state index in [-0.39, 0.29) is 5.69 Å². The van der Waals surface area contributed by atoms with E-state index in [0.29, 0.717) is 4.68 Å². The van der Waals surface area contributed by atoms with Gasteiger partial charge in [-0.2, -0.15) is 13.9 Å². The molecule has 0 saturated carbocycles. The minimum Gasteiger partial charge on any atom is -0.396 e. The minimum absolute atomic E-state index is 0.157. The van der Waals surface area contributed by atoms with Crippen molar-refractivity contribution in [1.82, 2.24) is 9.78 Å². The second kappa shape index (κ2) is 3.23.